The van der Waals surface area contributed by atoms with Crippen LogP contribution in [-0.4, -0.2) is 24.0 Å². The van der Waals surface area contributed by atoms with Gasteiger partial charge in [-0.2, -0.15) is 0 Å². The van der Waals surface area contributed by atoms with Gasteiger partial charge in [0.05, 0.1) is 12.6 Å². The van der Waals surface area contributed by atoms with E-state index in [0.717, 1.165) is 0 Å². The second kappa shape index (κ2) is 6.11. The first-order chi connectivity index (χ1) is 2.81. The Morgan fingerprint density at radius 1 is 1.86 bits per heavy atom. The van der Waals surface area contributed by atoms with Gasteiger partial charge in [0.1, 0.15) is 6.29 Å². The third kappa shape index (κ3) is 6.11. The third-order valence-electron chi connectivity index (χ3n) is 0.386. The molecular formula is C3H7FeNO2. The van der Waals surface area contributed by atoms with Gasteiger partial charge < -0.3 is 15.6 Å². The summed E-state index contributed by atoms with van der Waals surface area (Å²) in [5.74, 6) is 0. The maximum atomic E-state index is 9.45. The minimum atomic E-state index is -0.690. The number of rotatable bonds is 2. The van der Waals surface area contributed by atoms with Crippen molar-refractivity contribution in [1.82, 2.24) is 0 Å². The molecule has 3 nitrogen and oxygen atoms in total. The van der Waals surface area contributed by atoms with Gasteiger partial charge in [-0.05, 0) is 0 Å². The Morgan fingerprint density at radius 2 is 2.29 bits per heavy atom. The zero-order valence-corrected chi connectivity index (χ0v) is 4.75. The van der Waals surface area contributed by atoms with E-state index in [0.29, 0.717) is 6.29 Å². The summed E-state index contributed by atoms with van der Waals surface area (Å²) in [7, 11) is 0. The van der Waals surface area contributed by atoms with Crippen LogP contribution in [0.5, 0.6) is 0 Å². The number of aliphatic hydroxyl groups is 1. The summed E-state index contributed by atoms with van der Waals surface area (Å²) < 4.78 is 0. The molecule has 0 heterocycles. The van der Waals surface area contributed by atoms with Crippen molar-refractivity contribution in [2.75, 3.05) is 6.61 Å². The molecule has 0 unspecified atom stereocenters. The third-order valence-corrected chi connectivity index (χ3v) is 0.386. The maximum Gasteiger partial charge on any atom is 0.139 e. The van der Waals surface area contributed by atoms with Crippen LogP contribution in [0, 0.1) is 0 Å². The summed E-state index contributed by atoms with van der Waals surface area (Å²) in [6.45, 7) is -0.260. The quantitative estimate of drug-likeness (QED) is 0.367. The predicted molar refractivity (Wildman–Crippen MR) is 21.1 cm³/mol. The van der Waals surface area contributed by atoms with Gasteiger partial charge in [0.25, 0.3) is 0 Å². The van der Waals surface area contributed by atoms with E-state index < -0.39 is 6.04 Å². The molecule has 3 N–H and O–H groups in total. The molecule has 44 valence electrons. The predicted octanol–water partition coefficient (Wildman–Crippen LogP) is -1.50. The SMILES string of the molecule is N[C@H](C=O)CO.[Fe]. The average molecular weight is 145 g/mol. The van der Waals surface area contributed by atoms with E-state index in [1.54, 1.807) is 0 Å². The van der Waals surface area contributed by atoms with E-state index in [1.165, 1.54) is 0 Å². The fourth-order valence-electron chi connectivity index (χ4n) is 0.0430. The van der Waals surface area contributed by atoms with Crippen molar-refractivity contribution in [3.05, 3.63) is 0 Å². The summed E-state index contributed by atoms with van der Waals surface area (Å²) in [5, 5.41) is 7.98. The Kier molecular flexibility index (Phi) is 8.87. The monoisotopic (exact) mass is 145 g/mol. The molecule has 0 saturated heterocycles. The smallest absolute Gasteiger partial charge is 0.139 e. The number of nitrogens with two attached hydrogens (primary N) is 1. The van der Waals surface area contributed by atoms with Crippen LogP contribution in [0.1, 0.15) is 0 Å². The van der Waals surface area contributed by atoms with E-state index in [2.05, 4.69) is 0 Å². The molecule has 0 aromatic heterocycles. The van der Waals surface area contributed by atoms with Crippen molar-refractivity contribution in [3.8, 4) is 0 Å². The molecule has 0 fully saturated rings. The van der Waals surface area contributed by atoms with E-state index in [4.69, 9.17) is 10.8 Å². The Balaban J connectivity index is 0. The molecule has 4 heteroatoms. The fraction of sp³-hybridized carbons (Fsp3) is 0.667. The number of hydrogen-bond donors (Lipinski definition) is 2. The van der Waals surface area contributed by atoms with Crippen molar-refractivity contribution in [3.63, 3.8) is 0 Å². The molecule has 0 aliphatic carbocycles. The normalized spacial score (nSPS) is 11.7. The van der Waals surface area contributed by atoms with E-state index in [1.807, 2.05) is 0 Å². The van der Waals surface area contributed by atoms with E-state index >= 15 is 0 Å². The summed E-state index contributed by atoms with van der Waals surface area (Å²) in [6, 6.07) is -0.690. The Labute approximate surface area is 52.4 Å². The van der Waals surface area contributed by atoms with Crippen LogP contribution in [0.4, 0.5) is 0 Å². The molecule has 0 aromatic rings. The Hall–Kier alpha value is 0.109. The van der Waals surface area contributed by atoms with Crippen LogP contribution < -0.4 is 5.73 Å². The fourth-order valence-corrected chi connectivity index (χ4v) is 0.0430. The van der Waals surface area contributed by atoms with Crippen molar-refractivity contribution in [2.24, 2.45) is 5.73 Å². The maximum absolute atomic E-state index is 9.45. The van der Waals surface area contributed by atoms with Gasteiger partial charge in [-0.3, -0.25) is 0 Å². The molecule has 0 aliphatic rings. The standard InChI is InChI=1S/C3H7NO2.Fe/c4-3(1-5)2-6;/h1,3,6H,2,4H2;/t3-;/m1./s1. The number of hydrogen-bond acceptors (Lipinski definition) is 3. The first-order valence-electron chi connectivity index (χ1n) is 1.63. The number of aliphatic hydroxyl groups excluding tert-OH is 1. The number of aldehydes is 1. The topological polar surface area (TPSA) is 63.3 Å². The number of carbonyl (C=O) groups excluding carboxylic acids is 1. The molecule has 0 radical (unpaired) electrons. The number of carbonyl (C=O) groups is 1. The first-order valence-corrected chi connectivity index (χ1v) is 1.63. The zero-order chi connectivity index (χ0) is 4.99. The second-order valence-electron chi connectivity index (χ2n) is 0.983. The van der Waals surface area contributed by atoms with Crippen LogP contribution >= 0.6 is 0 Å². The minimum Gasteiger partial charge on any atom is -0.394 e. The van der Waals surface area contributed by atoms with Gasteiger partial charge in [-0.25, -0.2) is 0 Å². The molecule has 0 aliphatic heterocycles. The second-order valence-corrected chi connectivity index (χ2v) is 0.983. The molecular weight excluding hydrogens is 138 g/mol. The van der Waals surface area contributed by atoms with Gasteiger partial charge in [0.2, 0.25) is 0 Å². The molecule has 0 saturated carbocycles. The van der Waals surface area contributed by atoms with Gasteiger partial charge >= 0.3 is 0 Å². The van der Waals surface area contributed by atoms with Crippen LogP contribution in [0.25, 0.3) is 0 Å². The molecule has 0 amide bonds. The van der Waals surface area contributed by atoms with Gasteiger partial charge in [-0.15, -0.1) is 0 Å². The largest absolute Gasteiger partial charge is 0.394 e. The van der Waals surface area contributed by atoms with Crippen LogP contribution in [0.2, 0.25) is 0 Å². The molecule has 0 spiro atoms. The molecule has 1 atom stereocenters. The summed E-state index contributed by atoms with van der Waals surface area (Å²) in [4.78, 5) is 9.45. The van der Waals surface area contributed by atoms with Gasteiger partial charge in [-0.1, -0.05) is 0 Å². The molecule has 7 heavy (non-hydrogen) atoms. The van der Waals surface area contributed by atoms with E-state index in [-0.39, 0.29) is 23.7 Å². The summed E-state index contributed by atoms with van der Waals surface area (Å²) in [6.07, 6.45) is 0.500. The molecule has 0 rings (SSSR count). The van der Waals surface area contributed by atoms with Crippen LogP contribution in [0.3, 0.4) is 0 Å². The van der Waals surface area contributed by atoms with Gasteiger partial charge in [0, 0.05) is 17.1 Å². The van der Waals surface area contributed by atoms with Crippen molar-refractivity contribution < 1.29 is 27.0 Å². The average Bonchev–Trinajstić information content (AvgIpc) is 1.65. The zero-order valence-electron chi connectivity index (χ0n) is 3.65. The van der Waals surface area contributed by atoms with Crippen molar-refractivity contribution in [2.45, 2.75) is 6.04 Å². The minimum absolute atomic E-state index is 0. The summed E-state index contributed by atoms with van der Waals surface area (Å²) in [5.41, 5.74) is 4.85. The van der Waals surface area contributed by atoms with E-state index in [9.17, 15) is 4.79 Å². The van der Waals surface area contributed by atoms with Crippen molar-refractivity contribution >= 4 is 6.29 Å². The Morgan fingerprint density at radius 3 is 2.29 bits per heavy atom. The summed E-state index contributed by atoms with van der Waals surface area (Å²) >= 11 is 0. The first kappa shape index (κ1) is 10.2. The van der Waals surface area contributed by atoms with Crippen LogP contribution in [-0.2, 0) is 21.9 Å². The van der Waals surface area contributed by atoms with Gasteiger partial charge in [0.15, 0.2) is 0 Å². The Bertz CT molecular complexity index is 50.2. The molecule has 0 aromatic carbocycles. The molecule has 0 bridgehead atoms. The van der Waals surface area contributed by atoms with Crippen molar-refractivity contribution in [1.29, 1.82) is 0 Å². The van der Waals surface area contributed by atoms with Crippen LogP contribution in [0.15, 0.2) is 0 Å².